The van der Waals surface area contributed by atoms with Gasteiger partial charge in [-0.25, -0.2) is 9.97 Å². The van der Waals surface area contributed by atoms with Crippen LogP contribution in [-0.2, 0) is 13.0 Å². The second-order valence-electron chi connectivity index (χ2n) is 10.5. The molecule has 0 aliphatic carbocycles. The number of benzene rings is 1. The Morgan fingerprint density at radius 2 is 1.84 bits per heavy atom. The smallest absolute Gasteiger partial charge is 0.270 e. The minimum Gasteiger partial charge on any atom is -0.390 e. The number of piperazine rings is 1. The molecule has 2 saturated heterocycles. The number of amides is 1. The molecule has 1 amide bonds. The molecule has 3 aliphatic rings. The summed E-state index contributed by atoms with van der Waals surface area (Å²) in [5, 5.41) is 20.2. The van der Waals surface area contributed by atoms with E-state index in [4.69, 9.17) is 0 Å². The Balaban J connectivity index is 0.992. The molecule has 3 aliphatic heterocycles. The third kappa shape index (κ3) is 7.45. The van der Waals surface area contributed by atoms with Gasteiger partial charge in [0.25, 0.3) is 5.91 Å². The Kier molecular flexibility index (Phi) is 8.96. The summed E-state index contributed by atoms with van der Waals surface area (Å²) >= 11 is 0. The Bertz CT molecular complexity index is 1020. The summed E-state index contributed by atoms with van der Waals surface area (Å²) in [5.74, 6) is 0.370. The molecule has 2 fully saturated rings. The van der Waals surface area contributed by atoms with Gasteiger partial charge < -0.3 is 26.0 Å². The van der Waals surface area contributed by atoms with Crippen LogP contribution in [0.5, 0.6) is 0 Å². The Labute approximate surface area is 219 Å². The van der Waals surface area contributed by atoms with Gasteiger partial charge in [0.1, 0.15) is 17.8 Å². The molecule has 1 aromatic heterocycles. The lowest BCUT2D eigenvalue weighted by Gasteiger charge is -2.40. The molecule has 200 valence electrons. The third-order valence-corrected chi connectivity index (χ3v) is 7.54. The number of carbonyl (C=O) groups is 1. The van der Waals surface area contributed by atoms with Crippen molar-refractivity contribution in [3.05, 3.63) is 53.5 Å². The minimum absolute atomic E-state index is 0.190. The largest absolute Gasteiger partial charge is 0.390 e. The van der Waals surface area contributed by atoms with Gasteiger partial charge in [-0.05, 0) is 37.1 Å². The lowest BCUT2D eigenvalue weighted by Crippen LogP contribution is -2.55. The van der Waals surface area contributed by atoms with Crippen LogP contribution in [0.15, 0.2) is 36.7 Å². The Morgan fingerprint density at radius 1 is 1.05 bits per heavy atom. The van der Waals surface area contributed by atoms with E-state index in [1.165, 1.54) is 30.4 Å². The van der Waals surface area contributed by atoms with Gasteiger partial charge in [0.05, 0.1) is 12.1 Å². The third-order valence-electron chi connectivity index (χ3n) is 7.54. The monoisotopic (exact) mass is 508 g/mol. The van der Waals surface area contributed by atoms with Gasteiger partial charge in [0.2, 0.25) is 0 Å². The van der Waals surface area contributed by atoms with Crippen LogP contribution in [-0.4, -0.2) is 120 Å². The second-order valence-corrected chi connectivity index (χ2v) is 10.5. The van der Waals surface area contributed by atoms with E-state index in [1.54, 1.807) is 6.07 Å². The van der Waals surface area contributed by atoms with Gasteiger partial charge in [-0.2, -0.15) is 0 Å². The van der Waals surface area contributed by atoms with Crippen LogP contribution >= 0.6 is 0 Å². The number of aliphatic hydroxyl groups excluding tert-OH is 1. The van der Waals surface area contributed by atoms with Crippen LogP contribution < -0.4 is 16.0 Å². The van der Waals surface area contributed by atoms with Crippen molar-refractivity contribution < 1.29 is 9.90 Å². The lowest BCUT2D eigenvalue weighted by atomic mass is 10.00. The fourth-order valence-corrected chi connectivity index (χ4v) is 5.44. The number of hydrogen-bond acceptors (Lipinski definition) is 9. The van der Waals surface area contributed by atoms with Crippen LogP contribution in [0.4, 0.5) is 5.82 Å². The molecule has 0 spiro atoms. The van der Waals surface area contributed by atoms with Gasteiger partial charge >= 0.3 is 0 Å². The Hall–Kier alpha value is -2.63. The number of aromatic nitrogens is 2. The van der Waals surface area contributed by atoms with E-state index >= 15 is 0 Å². The molecule has 10 nitrogen and oxygen atoms in total. The van der Waals surface area contributed by atoms with E-state index in [-0.39, 0.29) is 12.5 Å². The quantitative estimate of drug-likeness (QED) is 0.334. The van der Waals surface area contributed by atoms with Crippen molar-refractivity contribution in [2.75, 3.05) is 77.3 Å². The fourth-order valence-electron chi connectivity index (χ4n) is 5.44. The number of likely N-dealkylation sites (tertiary alicyclic amines) is 1. The number of rotatable bonds is 11. The van der Waals surface area contributed by atoms with Gasteiger partial charge in [-0.3, -0.25) is 14.6 Å². The van der Waals surface area contributed by atoms with Crippen molar-refractivity contribution in [3.8, 4) is 0 Å². The number of hydrogen-bond donors (Lipinski definition) is 4. The zero-order valence-corrected chi connectivity index (χ0v) is 21.6. The normalized spacial score (nSPS) is 20.1. The topological polar surface area (TPSA) is 109 Å². The molecule has 1 atom stereocenters. The van der Waals surface area contributed by atoms with Gasteiger partial charge in [0, 0.05) is 71.5 Å². The number of carbonyl (C=O) groups excluding carboxylic acids is 1. The first-order valence-electron chi connectivity index (χ1n) is 13.6. The molecule has 1 aromatic carbocycles. The molecule has 5 rings (SSSR count). The first kappa shape index (κ1) is 26.0. The summed E-state index contributed by atoms with van der Waals surface area (Å²) < 4.78 is 0. The van der Waals surface area contributed by atoms with Crippen molar-refractivity contribution >= 4 is 11.7 Å². The molecule has 10 heteroatoms. The van der Waals surface area contributed by atoms with Crippen molar-refractivity contribution in [2.45, 2.75) is 31.5 Å². The zero-order valence-electron chi connectivity index (χ0n) is 21.6. The fraction of sp³-hybridized carbons (Fsp3) is 0.593. The molecule has 4 heterocycles. The minimum atomic E-state index is -0.638. The van der Waals surface area contributed by atoms with Gasteiger partial charge in [0.15, 0.2) is 0 Å². The molecular weight excluding hydrogens is 468 g/mol. The Morgan fingerprint density at radius 3 is 2.68 bits per heavy atom. The average Bonchev–Trinajstić information content (AvgIpc) is 2.91. The molecule has 0 bridgehead atoms. The number of fused-ring (bicyclic) bond motifs is 1. The first-order valence-corrected chi connectivity index (χ1v) is 13.6. The number of aliphatic hydroxyl groups is 1. The van der Waals surface area contributed by atoms with Gasteiger partial charge in [-0.15, -0.1) is 0 Å². The SMILES string of the molecule is O=C(NC[C@@H](O)CN1CCc2ccccc2C1)c1cc(NC2CN(CCCN3CCNCC3)C2)ncn1. The van der Waals surface area contributed by atoms with Crippen molar-refractivity contribution in [3.63, 3.8) is 0 Å². The highest BCUT2D eigenvalue weighted by atomic mass is 16.3. The number of nitrogens with one attached hydrogen (secondary N) is 3. The van der Waals surface area contributed by atoms with E-state index in [0.29, 0.717) is 24.1 Å². The van der Waals surface area contributed by atoms with E-state index in [1.807, 2.05) is 0 Å². The van der Waals surface area contributed by atoms with Crippen molar-refractivity contribution in [2.24, 2.45) is 0 Å². The predicted octanol–water partition coefficient (Wildman–Crippen LogP) is 0.0170. The first-order chi connectivity index (χ1) is 18.1. The standard InChI is InChI=1S/C27H40N8O2/c36-24(19-35-11-6-21-4-1-2-5-22(21)16-35)15-29-27(37)25-14-26(31-20-30-25)32-23-17-34(18-23)10-3-9-33-12-7-28-8-13-33/h1-2,4-5,14,20,23-24,28,36H,3,6-13,15-19H2,(H,29,37)(H,30,31,32)/t24-/m1/s1. The van der Waals surface area contributed by atoms with Crippen molar-refractivity contribution in [1.82, 2.24) is 35.3 Å². The summed E-state index contributed by atoms with van der Waals surface area (Å²) in [7, 11) is 0. The van der Waals surface area contributed by atoms with E-state index in [9.17, 15) is 9.90 Å². The summed E-state index contributed by atoms with van der Waals surface area (Å²) in [6.45, 7) is 11.2. The summed E-state index contributed by atoms with van der Waals surface area (Å²) in [4.78, 5) is 28.3. The van der Waals surface area contributed by atoms with E-state index < -0.39 is 6.10 Å². The molecule has 0 saturated carbocycles. The predicted molar refractivity (Wildman–Crippen MR) is 144 cm³/mol. The maximum atomic E-state index is 12.7. The number of β-amino-alcohol motifs (C(OH)–C–C–N with tert-alkyl or cyclic N) is 1. The zero-order chi connectivity index (χ0) is 25.5. The molecule has 2 aromatic rings. The van der Waals surface area contributed by atoms with Crippen molar-refractivity contribution in [1.29, 1.82) is 0 Å². The lowest BCUT2D eigenvalue weighted by molar-refractivity contribution is 0.0838. The van der Waals surface area contributed by atoms with E-state index in [0.717, 1.165) is 65.3 Å². The van der Waals surface area contributed by atoms with Crippen LogP contribution in [0.2, 0.25) is 0 Å². The van der Waals surface area contributed by atoms with Crippen LogP contribution in [0, 0.1) is 0 Å². The molecule has 4 N–H and O–H groups in total. The second kappa shape index (κ2) is 12.7. The van der Waals surface area contributed by atoms with Crippen LogP contribution in [0.25, 0.3) is 0 Å². The van der Waals surface area contributed by atoms with E-state index in [2.05, 4.69) is 64.9 Å². The summed E-state index contributed by atoms with van der Waals surface area (Å²) in [6, 6.07) is 10.5. The maximum Gasteiger partial charge on any atom is 0.270 e. The number of nitrogens with zero attached hydrogens (tertiary/aromatic N) is 5. The summed E-state index contributed by atoms with van der Waals surface area (Å²) in [5.41, 5.74) is 3.01. The maximum absolute atomic E-state index is 12.7. The highest BCUT2D eigenvalue weighted by Crippen LogP contribution is 2.18. The average molecular weight is 509 g/mol. The molecule has 0 unspecified atom stereocenters. The molecule has 37 heavy (non-hydrogen) atoms. The highest BCUT2D eigenvalue weighted by molar-refractivity contribution is 5.92. The van der Waals surface area contributed by atoms with Crippen LogP contribution in [0.3, 0.4) is 0 Å². The highest BCUT2D eigenvalue weighted by Gasteiger charge is 2.27. The molecular formula is C27H40N8O2. The van der Waals surface area contributed by atoms with Gasteiger partial charge in [-0.1, -0.05) is 24.3 Å². The summed E-state index contributed by atoms with van der Waals surface area (Å²) in [6.07, 6.45) is 2.96. The number of anilines is 1. The van der Waals surface area contributed by atoms with Crippen LogP contribution in [0.1, 0.15) is 28.0 Å². The molecule has 0 radical (unpaired) electrons.